The molecule has 1 N–H and O–H groups in total. The Morgan fingerprint density at radius 3 is 2.57 bits per heavy atom. The molecule has 6 heteroatoms. The quantitative estimate of drug-likeness (QED) is 0.688. The third kappa shape index (κ3) is 3.34. The second kappa shape index (κ2) is 6.01. The maximum absolute atomic E-state index is 11.4. The van der Waals surface area contributed by atoms with Crippen LogP contribution in [0.3, 0.4) is 0 Å². The van der Waals surface area contributed by atoms with Gasteiger partial charge < -0.3 is 9.72 Å². The number of nitriles is 1. The molecule has 106 valence electrons. The molecule has 6 nitrogen and oxygen atoms in total. The van der Waals surface area contributed by atoms with Crippen molar-refractivity contribution >= 4 is 17.6 Å². The molecule has 0 unspecified atom stereocenters. The van der Waals surface area contributed by atoms with Crippen molar-refractivity contribution < 1.29 is 9.53 Å². The minimum Gasteiger partial charge on any atom is -0.464 e. The lowest BCUT2D eigenvalue weighted by molar-refractivity contribution is 0.0595. The number of nitrogens with zero attached hydrogens (tertiary/aromatic N) is 3. The monoisotopic (exact) mass is 282 g/mol. The molecule has 0 aliphatic carbocycles. The Hall–Kier alpha value is -2.94. The van der Waals surface area contributed by atoms with Crippen LogP contribution in [0.2, 0.25) is 0 Å². The van der Waals surface area contributed by atoms with Crippen molar-refractivity contribution in [3.8, 4) is 6.07 Å². The third-order valence-corrected chi connectivity index (χ3v) is 2.77. The van der Waals surface area contributed by atoms with Crippen LogP contribution < -0.4 is 0 Å². The number of esters is 1. The Labute approximate surface area is 122 Å². The maximum atomic E-state index is 11.4. The molecular weight excluding hydrogens is 268 g/mol. The molecule has 21 heavy (non-hydrogen) atoms. The highest BCUT2D eigenvalue weighted by Crippen LogP contribution is 2.16. The smallest absolute Gasteiger partial charge is 0.354 e. The van der Waals surface area contributed by atoms with Crippen LogP contribution in [-0.2, 0) is 4.74 Å². The average molecular weight is 282 g/mol. The van der Waals surface area contributed by atoms with E-state index >= 15 is 0 Å². The SMILES string of the molecule is COC(=O)c1cc(/C=C(\C#N)c2nc(C)cc(C)n2)c[nH]1. The summed E-state index contributed by atoms with van der Waals surface area (Å²) in [5, 5.41) is 9.28. The summed E-state index contributed by atoms with van der Waals surface area (Å²) in [4.78, 5) is 22.7. The van der Waals surface area contributed by atoms with Gasteiger partial charge in [-0.3, -0.25) is 0 Å². The van der Waals surface area contributed by atoms with Crippen LogP contribution in [0.15, 0.2) is 18.3 Å². The molecule has 0 bridgehead atoms. The summed E-state index contributed by atoms with van der Waals surface area (Å²) in [5.74, 6) is -0.0911. The molecule has 0 aliphatic heterocycles. The molecule has 0 amide bonds. The molecular formula is C15H14N4O2. The predicted molar refractivity (Wildman–Crippen MR) is 77.1 cm³/mol. The number of aromatic amines is 1. The number of allylic oxidation sites excluding steroid dienone is 1. The molecule has 0 saturated heterocycles. The van der Waals surface area contributed by atoms with Crippen LogP contribution in [0.5, 0.6) is 0 Å². The fraction of sp³-hybridized carbons (Fsp3) is 0.200. The van der Waals surface area contributed by atoms with Gasteiger partial charge >= 0.3 is 5.97 Å². The predicted octanol–water partition coefficient (Wildman–Crippen LogP) is 2.27. The van der Waals surface area contributed by atoms with Crippen molar-refractivity contribution in [2.75, 3.05) is 7.11 Å². The Bertz CT molecular complexity index is 733. The molecule has 0 saturated carbocycles. The molecule has 2 aromatic rings. The zero-order chi connectivity index (χ0) is 15.4. The van der Waals surface area contributed by atoms with E-state index < -0.39 is 5.97 Å². The van der Waals surface area contributed by atoms with Gasteiger partial charge in [0.05, 0.1) is 12.7 Å². The fourth-order valence-corrected chi connectivity index (χ4v) is 1.88. The number of H-pyrrole nitrogens is 1. The number of nitrogens with one attached hydrogen (secondary N) is 1. The first-order chi connectivity index (χ1) is 10.0. The summed E-state index contributed by atoms with van der Waals surface area (Å²) < 4.78 is 4.62. The molecule has 0 radical (unpaired) electrons. The lowest BCUT2D eigenvalue weighted by Crippen LogP contribution is -2.00. The number of rotatable bonds is 3. The Morgan fingerprint density at radius 2 is 2.00 bits per heavy atom. The Morgan fingerprint density at radius 1 is 1.33 bits per heavy atom. The number of carbonyl (C=O) groups excluding carboxylic acids is 1. The summed E-state index contributed by atoms with van der Waals surface area (Å²) in [5.41, 5.74) is 2.92. The van der Waals surface area contributed by atoms with Gasteiger partial charge in [0, 0.05) is 17.6 Å². The molecule has 0 atom stereocenters. The van der Waals surface area contributed by atoms with E-state index in [0.29, 0.717) is 22.7 Å². The topological polar surface area (TPSA) is 91.7 Å². The number of aryl methyl sites for hydroxylation is 2. The van der Waals surface area contributed by atoms with Crippen LogP contribution in [-0.4, -0.2) is 28.0 Å². The first kappa shape index (κ1) is 14.5. The first-order valence-electron chi connectivity index (χ1n) is 6.24. The Balaban J connectivity index is 2.39. The normalized spacial score (nSPS) is 11.0. The minimum absolute atomic E-state index is 0.322. The second-order valence-corrected chi connectivity index (χ2v) is 4.48. The van der Waals surface area contributed by atoms with E-state index in [9.17, 15) is 10.1 Å². The maximum Gasteiger partial charge on any atom is 0.354 e. The van der Waals surface area contributed by atoms with E-state index in [1.165, 1.54) is 7.11 Å². The van der Waals surface area contributed by atoms with Gasteiger partial charge in [0.25, 0.3) is 0 Å². The van der Waals surface area contributed by atoms with Gasteiger partial charge in [-0.25, -0.2) is 14.8 Å². The van der Waals surface area contributed by atoms with Crippen molar-refractivity contribution in [2.45, 2.75) is 13.8 Å². The van der Waals surface area contributed by atoms with E-state index in [1.807, 2.05) is 19.9 Å². The van der Waals surface area contributed by atoms with Crippen LogP contribution >= 0.6 is 0 Å². The van der Waals surface area contributed by atoms with Gasteiger partial charge in [-0.15, -0.1) is 0 Å². The standard InChI is InChI=1S/C15H14N4O2/c1-9-4-10(2)19-14(18-9)12(7-16)5-11-6-13(17-8-11)15(20)21-3/h4-6,8,17H,1-3H3/b12-5+. The summed E-state index contributed by atoms with van der Waals surface area (Å²) in [6.45, 7) is 3.69. The highest BCUT2D eigenvalue weighted by Gasteiger charge is 2.10. The number of aromatic nitrogens is 3. The van der Waals surface area contributed by atoms with Crippen LogP contribution in [0.4, 0.5) is 0 Å². The van der Waals surface area contributed by atoms with Crippen molar-refractivity contribution in [3.05, 3.63) is 46.8 Å². The van der Waals surface area contributed by atoms with Crippen LogP contribution in [0, 0.1) is 25.2 Å². The van der Waals surface area contributed by atoms with E-state index in [-0.39, 0.29) is 0 Å². The van der Waals surface area contributed by atoms with Gasteiger partial charge in [-0.2, -0.15) is 5.26 Å². The van der Waals surface area contributed by atoms with E-state index in [1.54, 1.807) is 18.3 Å². The number of methoxy groups -OCH3 is 1. The summed E-state index contributed by atoms with van der Waals surface area (Å²) in [7, 11) is 1.31. The molecule has 2 aromatic heterocycles. The number of ether oxygens (including phenoxy) is 1. The number of hydrogen-bond donors (Lipinski definition) is 1. The third-order valence-electron chi connectivity index (χ3n) is 2.77. The fourth-order valence-electron chi connectivity index (χ4n) is 1.88. The molecule has 0 fully saturated rings. The second-order valence-electron chi connectivity index (χ2n) is 4.48. The zero-order valence-corrected chi connectivity index (χ0v) is 12.0. The van der Waals surface area contributed by atoms with Crippen molar-refractivity contribution in [1.29, 1.82) is 5.26 Å². The highest BCUT2D eigenvalue weighted by atomic mass is 16.5. The van der Waals surface area contributed by atoms with Crippen molar-refractivity contribution in [3.63, 3.8) is 0 Å². The van der Waals surface area contributed by atoms with Gasteiger partial charge in [0.15, 0.2) is 5.82 Å². The summed E-state index contributed by atoms with van der Waals surface area (Å²) in [6.07, 6.45) is 3.24. The molecule has 0 aliphatic rings. The van der Waals surface area contributed by atoms with Gasteiger partial charge in [0.1, 0.15) is 11.8 Å². The largest absolute Gasteiger partial charge is 0.464 e. The van der Waals surface area contributed by atoms with Gasteiger partial charge in [-0.1, -0.05) is 0 Å². The zero-order valence-electron chi connectivity index (χ0n) is 12.0. The molecule has 2 heterocycles. The molecule has 0 aromatic carbocycles. The van der Waals surface area contributed by atoms with E-state index in [2.05, 4.69) is 25.8 Å². The van der Waals surface area contributed by atoms with Gasteiger partial charge in [0.2, 0.25) is 0 Å². The molecule has 0 spiro atoms. The van der Waals surface area contributed by atoms with E-state index in [4.69, 9.17) is 0 Å². The van der Waals surface area contributed by atoms with Gasteiger partial charge in [-0.05, 0) is 37.6 Å². The van der Waals surface area contributed by atoms with Crippen molar-refractivity contribution in [1.82, 2.24) is 15.0 Å². The summed E-state index contributed by atoms with van der Waals surface area (Å²) >= 11 is 0. The highest BCUT2D eigenvalue weighted by molar-refractivity contribution is 5.91. The van der Waals surface area contributed by atoms with Crippen LogP contribution in [0.25, 0.3) is 11.6 Å². The van der Waals surface area contributed by atoms with E-state index in [0.717, 1.165) is 11.4 Å². The molecule has 2 rings (SSSR count). The first-order valence-corrected chi connectivity index (χ1v) is 6.24. The number of hydrogen-bond acceptors (Lipinski definition) is 5. The minimum atomic E-state index is -0.462. The summed E-state index contributed by atoms with van der Waals surface area (Å²) in [6, 6.07) is 5.52. The number of carbonyl (C=O) groups is 1. The van der Waals surface area contributed by atoms with Crippen LogP contribution in [0.1, 0.15) is 33.3 Å². The average Bonchev–Trinajstić information content (AvgIpc) is 2.91. The Kier molecular flexibility index (Phi) is 4.14. The lowest BCUT2D eigenvalue weighted by atomic mass is 10.1. The lowest BCUT2D eigenvalue weighted by Gasteiger charge is -2.01. The van der Waals surface area contributed by atoms with Crippen molar-refractivity contribution in [2.24, 2.45) is 0 Å².